The van der Waals surface area contributed by atoms with E-state index in [1.54, 1.807) is 0 Å². The van der Waals surface area contributed by atoms with Gasteiger partial charge in [0, 0.05) is 0 Å². The molecule has 1 aliphatic heterocycles. The number of amides is 3. The fourth-order valence-electron chi connectivity index (χ4n) is 0.979. The number of urea groups is 1. The fraction of sp³-hybridized carbons (Fsp3) is 0.667. The molecule has 0 radical (unpaired) electrons. The predicted molar refractivity (Wildman–Crippen MR) is 41.3 cm³/mol. The second-order valence-electron chi connectivity index (χ2n) is 2.68. The number of carbonyl (C=O) groups is 2. The summed E-state index contributed by atoms with van der Waals surface area (Å²) < 4.78 is 0. The number of aliphatic hydroxyl groups excluding tert-OH is 1. The van der Waals surface area contributed by atoms with Gasteiger partial charge in [0.15, 0.2) is 0 Å². The standard InChI is InChI=1S/C6H11N3O4/c7-6(12)8-5(11)2-9-1-4(10)3-13-9/h4,10H,1-3H2,(H3,7,8,11,12)/t4-/m0/s1. The van der Waals surface area contributed by atoms with Crippen LogP contribution in [0.3, 0.4) is 0 Å². The van der Waals surface area contributed by atoms with Gasteiger partial charge in [-0.25, -0.2) is 4.79 Å². The SMILES string of the molecule is NC(=O)NC(=O)CN1C[C@H](O)CO1. The van der Waals surface area contributed by atoms with E-state index in [2.05, 4.69) is 0 Å². The van der Waals surface area contributed by atoms with Crippen LogP contribution in [0.15, 0.2) is 0 Å². The first-order valence-corrected chi connectivity index (χ1v) is 3.73. The Bertz CT molecular complexity index is 220. The maximum Gasteiger partial charge on any atom is 0.318 e. The molecular formula is C6H11N3O4. The highest BCUT2D eigenvalue weighted by atomic mass is 16.7. The molecule has 7 nitrogen and oxygen atoms in total. The molecule has 1 aliphatic rings. The van der Waals surface area contributed by atoms with Crippen LogP contribution in [0.2, 0.25) is 0 Å². The summed E-state index contributed by atoms with van der Waals surface area (Å²) in [6.45, 7) is 0.316. The van der Waals surface area contributed by atoms with Gasteiger partial charge in [-0.2, -0.15) is 5.06 Å². The number of imide groups is 1. The summed E-state index contributed by atoms with van der Waals surface area (Å²) in [5.41, 5.74) is 4.72. The van der Waals surface area contributed by atoms with Gasteiger partial charge in [-0.15, -0.1) is 0 Å². The summed E-state index contributed by atoms with van der Waals surface area (Å²) in [6, 6.07) is -0.898. The number of β-amino-alcohol motifs (C(OH)–C–C–N with tert-alkyl or cyclic N) is 1. The van der Waals surface area contributed by atoms with Gasteiger partial charge in [0.05, 0.1) is 19.3 Å². The number of nitrogens with one attached hydrogen (secondary N) is 1. The van der Waals surface area contributed by atoms with Gasteiger partial charge in [0.1, 0.15) is 6.54 Å². The topological polar surface area (TPSA) is 105 Å². The Morgan fingerprint density at radius 3 is 2.85 bits per heavy atom. The first-order chi connectivity index (χ1) is 6.08. The number of rotatable bonds is 2. The maximum atomic E-state index is 10.9. The molecule has 0 aromatic heterocycles. The lowest BCUT2D eigenvalue weighted by Gasteiger charge is -2.11. The van der Waals surface area contributed by atoms with Crippen LogP contribution in [0.5, 0.6) is 0 Å². The van der Waals surface area contributed by atoms with Crippen LogP contribution < -0.4 is 11.1 Å². The summed E-state index contributed by atoms with van der Waals surface area (Å²) in [5.74, 6) is -0.554. The number of primary amides is 1. The van der Waals surface area contributed by atoms with E-state index in [1.165, 1.54) is 5.06 Å². The van der Waals surface area contributed by atoms with Crippen LogP contribution in [0.25, 0.3) is 0 Å². The third-order valence-corrected chi connectivity index (χ3v) is 1.45. The second kappa shape index (κ2) is 4.17. The van der Waals surface area contributed by atoms with E-state index >= 15 is 0 Å². The summed E-state index contributed by atoms with van der Waals surface area (Å²) in [5, 5.41) is 12.2. The molecular weight excluding hydrogens is 178 g/mol. The molecule has 13 heavy (non-hydrogen) atoms. The van der Waals surface area contributed by atoms with Gasteiger partial charge in [-0.3, -0.25) is 14.9 Å². The molecule has 1 atom stereocenters. The minimum atomic E-state index is -0.898. The highest BCUT2D eigenvalue weighted by molar-refractivity contribution is 5.94. The Kier molecular flexibility index (Phi) is 3.18. The van der Waals surface area contributed by atoms with Gasteiger partial charge in [-0.1, -0.05) is 0 Å². The molecule has 74 valence electrons. The van der Waals surface area contributed by atoms with Crippen LogP contribution in [0, 0.1) is 0 Å². The van der Waals surface area contributed by atoms with Crippen molar-refractivity contribution in [2.45, 2.75) is 6.10 Å². The zero-order chi connectivity index (χ0) is 9.84. The maximum absolute atomic E-state index is 10.9. The summed E-state index contributed by atoms with van der Waals surface area (Å²) in [7, 11) is 0. The van der Waals surface area contributed by atoms with E-state index < -0.39 is 18.0 Å². The molecule has 1 saturated heterocycles. The van der Waals surface area contributed by atoms with Crippen molar-refractivity contribution in [3.63, 3.8) is 0 Å². The Balaban J connectivity index is 2.24. The van der Waals surface area contributed by atoms with E-state index in [9.17, 15) is 9.59 Å². The first kappa shape index (κ1) is 9.90. The van der Waals surface area contributed by atoms with Crippen molar-refractivity contribution < 1.29 is 19.5 Å². The molecule has 1 fully saturated rings. The van der Waals surface area contributed by atoms with Gasteiger partial charge in [-0.05, 0) is 0 Å². The molecule has 0 aromatic carbocycles. The molecule has 1 heterocycles. The Hall–Kier alpha value is -1.18. The van der Waals surface area contributed by atoms with Crippen LogP contribution in [0.1, 0.15) is 0 Å². The fourth-order valence-corrected chi connectivity index (χ4v) is 0.979. The van der Waals surface area contributed by atoms with Crippen molar-refractivity contribution in [3.05, 3.63) is 0 Å². The molecule has 0 spiro atoms. The van der Waals surface area contributed by atoms with Crippen molar-refractivity contribution in [2.24, 2.45) is 5.73 Å². The molecule has 1 rings (SSSR count). The Morgan fingerprint density at radius 1 is 1.69 bits per heavy atom. The summed E-state index contributed by atoms with van der Waals surface area (Å²) in [4.78, 5) is 26.0. The van der Waals surface area contributed by atoms with Crippen molar-refractivity contribution in [2.75, 3.05) is 19.7 Å². The number of hydrogen-bond acceptors (Lipinski definition) is 5. The third kappa shape index (κ3) is 3.36. The molecule has 4 N–H and O–H groups in total. The molecule has 0 unspecified atom stereocenters. The Labute approximate surface area is 74.4 Å². The van der Waals surface area contributed by atoms with E-state index in [4.69, 9.17) is 15.7 Å². The molecule has 0 aromatic rings. The zero-order valence-corrected chi connectivity index (χ0v) is 6.90. The van der Waals surface area contributed by atoms with Crippen molar-refractivity contribution in [1.82, 2.24) is 10.4 Å². The molecule has 0 saturated carbocycles. The first-order valence-electron chi connectivity index (χ1n) is 3.73. The largest absolute Gasteiger partial charge is 0.389 e. The van der Waals surface area contributed by atoms with E-state index in [1.807, 2.05) is 5.32 Å². The van der Waals surface area contributed by atoms with Crippen molar-refractivity contribution >= 4 is 11.9 Å². The lowest BCUT2D eigenvalue weighted by molar-refractivity contribution is -0.141. The molecule has 7 heteroatoms. The molecule has 0 aliphatic carbocycles. The minimum Gasteiger partial charge on any atom is -0.389 e. The van der Waals surface area contributed by atoms with Crippen LogP contribution in [0.4, 0.5) is 4.79 Å². The number of nitrogens with two attached hydrogens (primary N) is 1. The smallest absolute Gasteiger partial charge is 0.318 e. The van der Waals surface area contributed by atoms with Gasteiger partial charge in [0.25, 0.3) is 0 Å². The van der Waals surface area contributed by atoms with Crippen LogP contribution in [-0.2, 0) is 9.63 Å². The lowest BCUT2D eigenvalue weighted by atomic mass is 10.4. The number of hydrogen-bond donors (Lipinski definition) is 3. The van der Waals surface area contributed by atoms with E-state index in [0.29, 0.717) is 0 Å². The summed E-state index contributed by atoms with van der Waals surface area (Å²) in [6.07, 6.45) is -0.582. The van der Waals surface area contributed by atoms with E-state index in [-0.39, 0.29) is 19.7 Å². The zero-order valence-electron chi connectivity index (χ0n) is 6.90. The predicted octanol–water partition coefficient (Wildman–Crippen LogP) is -2.21. The second-order valence-corrected chi connectivity index (χ2v) is 2.68. The van der Waals surface area contributed by atoms with Crippen molar-refractivity contribution in [3.8, 4) is 0 Å². The van der Waals surface area contributed by atoms with E-state index in [0.717, 1.165) is 0 Å². The third-order valence-electron chi connectivity index (χ3n) is 1.45. The highest BCUT2D eigenvalue weighted by Crippen LogP contribution is 2.03. The van der Waals surface area contributed by atoms with Crippen LogP contribution >= 0.6 is 0 Å². The number of hydroxylamine groups is 2. The van der Waals surface area contributed by atoms with Crippen molar-refractivity contribution in [1.29, 1.82) is 0 Å². The highest BCUT2D eigenvalue weighted by Gasteiger charge is 2.23. The number of nitrogens with zero attached hydrogens (tertiary/aromatic N) is 1. The number of carbonyl (C=O) groups excluding carboxylic acids is 2. The summed E-state index contributed by atoms with van der Waals surface area (Å²) >= 11 is 0. The Morgan fingerprint density at radius 2 is 2.38 bits per heavy atom. The minimum absolute atomic E-state index is 0.111. The van der Waals surface area contributed by atoms with Crippen LogP contribution in [-0.4, -0.2) is 47.9 Å². The quantitative estimate of drug-likeness (QED) is 0.456. The normalized spacial score (nSPS) is 23.0. The lowest BCUT2D eigenvalue weighted by Crippen LogP contribution is -2.41. The number of aliphatic hydroxyl groups is 1. The average molecular weight is 189 g/mol. The monoisotopic (exact) mass is 189 g/mol. The molecule has 0 bridgehead atoms. The van der Waals surface area contributed by atoms with Gasteiger partial charge < -0.3 is 10.8 Å². The van der Waals surface area contributed by atoms with Gasteiger partial charge in [0.2, 0.25) is 5.91 Å². The molecule has 3 amide bonds. The van der Waals surface area contributed by atoms with Gasteiger partial charge >= 0.3 is 6.03 Å². The average Bonchev–Trinajstić information content (AvgIpc) is 2.33.